The van der Waals surface area contributed by atoms with Crippen LogP contribution in [0.1, 0.15) is 34.2 Å². The largest absolute Gasteiger partial charge is 0.486 e. The Labute approximate surface area is 201 Å². The third-order valence-electron chi connectivity index (χ3n) is 6.51. The smallest absolute Gasteiger partial charge is 0.325 e. The lowest BCUT2D eigenvalue weighted by molar-refractivity contribution is -0.130. The van der Waals surface area contributed by atoms with Crippen LogP contribution in [0.15, 0.2) is 48.5 Å². The molecule has 1 saturated heterocycles. The number of carbonyl (C=O) groups excluding carboxylic acids is 3. The van der Waals surface area contributed by atoms with Gasteiger partial charge in [-0.05, 0) is 56.7 Å². The number of carbonyl (C=O) groups is 3. The van der Waals surface area contributed by atoms with E-state index in [4.69, 9.17) is 9.47 Å². The second-order valence-corrected chi connectivity index (χ2v) is 8.82. The number of nitrogens with zero attached hydrogens (tertiary/aromatic N) is 2. The van der Waals surface area contributed by atoms with E-state index in [1.54, 1.807) is 13.0 Å². The Bertz CT molecular complexity index is 1360. The molecule has 9 heteroatoms. The first kappa shape index (κ1) is 22.6. The number of ether oxygens (including phenoxy) is 2. The second kappa shape index (κ2) is 8.26. The molecule has 0 bridgehead atoms. The summed E-state index contributed by atoms with van der Waals surface area (Å²) in [5.41, 5.74) is 1.76. The fourth-order valence-corrected chi connectivity index (χ4v) is 4.66. The highest BCUT2D eigenvalue weighted by atomic mass is 19.1. The lowest BCUT2D eigenvalue weighted by Crippen LogP contribution is -2.41. The summed E-state index contributed by atoms with van der Waals surface area (Å²) in [6.45, 7) is 5.78. The first-order chi connectivity index (χ1) is 16.7. The summed E-state index contributed by atoms with van der Waals surface area (Å²) in [5.74, 6) is -0.0820. The van der Waals surface area contributed by atoms with Crippen LogP contribution in [0, 0.1) is 19.7 Å². The highest BCUT2D eigenvalue weighted by molar-refractivity contribution is 6.11. The maximum atomic E-state index is 13.3. The minimum Gasteiger partial charge on any atom is -0.486 e. The molecule has 3 amide bonds. The molecule has 180 valence electrons. The average Bonchev–Trinajstić information content (AvgIpc) is 3.26. The van der Waals surface area contributed by atoms with Gasteiger partial charge in [0, 0.05) is 28.7 Å². The Hall–Kier alpha value is -4.14. The molecule has 0 unspecified atom stereocenters. The molecule has 0 saturated carbocycles. The van der Waals surface area contributed by atoms with E-state index >= 15 is 0 Å². The van der Waals surface area contributed by atoms with E-state index in [1.165, 1.54) is 24.3 Å². The Morgan fingerprint density at radius 2 is 1.71 bits per heavy atom. The van der Waals surface area contributed by atoms with Gasteiger partial charge in [-0.2, -0.15) is 0 Å². The number of rotatable bonds is 5. The number of urea groups is 1. The Balaban J connectivity index is 1.40. The van der Waals surface area contributed by atoms with Crippen LogP contribution < -0.4 is 14.8 Å². The summed E-state index contributed by atoms with van der Waals surface area (Å²) in [5, 5.41) is 2.64. The van der Waals surface area contributed by atoms with Crippen LogP contribution in [0.5, 0.6) is 11.5 Å². The zero-order valence-corrected chi connectivity index (χ0v) is 19.6. The maximum absolute atomic E-state index is 13.3. The lowest BCUT2D eigenvalue weighted by Gasteiger charge is -2.22. The fraction of sp³-hybridized carbons (Fsp3) is 0.269. The van der Waals surface area contributed by atoms with Gasteiger partial charge in [-0.1, -0.05) is 12.1 Å². The first-order valence-corrected chi connectivity index (χ1v) is 11.2. The number of nitrogens with one attached hydrogen (secondary N) is 1. The Morgan fingerprint density at radius 1 is 1.03 bits per heavy atom. The molecule has 35 heavy (non-hydrogen) atoms. The molecule has 0 radical (unpaired) electrons. The van der Waals surface area contributed by atoms with Crippen molar-refractivity contribution >= 4 is 17.7 Å². The molecule has 2 aliphatic heterocycles. The number of benzene rings is 2. The maximum Gasteiger partial charge on any atom is 0.325 e. The number of halogens is 1. The molecule has 2 aromatic carbocycles. The van der Waals surface area contributed by atoms with Crippen molar-refractivity contribution in [1.82, 2.24) is 14.8 Å². The van der Waals surface area contributed by atoms with Gasteiger partial charge in [0.25, 0.3) is 5.91 Å². The molecule has 3 heterocycles. The second-order valence-electron chi connectivity index (χ2n) is 8.82. The molecule has 0 spiro atoms. The SMILES string of the molecule is Cc1cc(C(=O)CN2C(=O)N[C@](C)(c3ccc(F)cc3)C2=O)c(C)n1-c1ccc2c(c1)OCCO2. The van der Waals surface area contributed by atoms with Crippen molar-refractivity contribution in [2.24, 2.45) is 0 Å². The van der Waals surface area contributed by atoms with Gasteiger partial charge in [-0.25, -0.2) is 9.18 Å². The van der Waals surface area contributed by atoms with Gasteiger partial charge in [0.05, 0.1) is 6.54 Å². The minimum atomic E-state index is -1.38. The molecule has 1 fully saturated rings. The van der Waals surface area contributed by atoms with Crippen LogP contribution in [0.2, 0.25) is 0 Å². The van der Waals surface area contributed by atoms with Crippen LogP contribution in [0.3, 0.4) is 0 Å². The topological polar surface area (TPSA) is 89.9 Å². The number of fused-ring (bicyclic) bond motifs is 1. The van der Waals surface area contributed by atoms with Gasteiger partial charge in [0.2, 0.25) is 0 Å². The number of aromatic nitrogens is 1. The van der Waals surface area contributed by atoms with Gasteiger partial charge >= 0.3 is 6.03 Å². The third-order valence-corrected chi connectivity index (χ3v) is 6.51. The fourth-order valence-electron chi connectivity index (χ4n) is 4.66. The molecule has 3 aromatic rings. The molecule has 1 aromatic heterocycles. The van der Waals surface area contributed by atoms with Gasteiger partial charge in [-0.15, -0.1) is 0 Å². The molecule has 5 rings (SSSR count). The summed E-state index contributed by atoms with van der Waals surface area (Å²) in [7, 11) is 0. The van der Waals surface area contributed by atoms with E-state index in [9.17, 15) is 18.8 Å². The molecular formula is C26H24FN3O5. The molecule has 0 aliphatic carbocycles. The van der Waals surface area contributed by atoms with Gasteiger partial charge in [0.1, 0.15) is 24.6 Å². The van der Waals surface area contributed by atoms with Crippen molar-refractivity contribution in [3.8, 4) is 17.2 Å². The van der Waals surface area contributed by atoms with Gasteiger partial charge in [-0.3, -0.25) is 14.5 Å². The number of aryl methyl sites for hydroxylation is 1. The summed E-state index contributed by atoms with van der Waals surface area (Å²) >= 11 is 0. The van der Waals surface area contributed by atoms with Crippen LogP contribution in [-0.2, 0) is 10.3 Å². The molecule has 1 atom stereocenters. The quantitative estimate of drug-likeness (QED) is 0.448. The molecule has 2 aliphatic rings. The predicted molar refractivity (Wildman–Crippen MR) is 125 cm³/mol. The van der Waals surface area contributed by atoms with E-state index in [0.717, 1.165) is 16.3 Å². The van der Waals surface area contributed by atoms with Crippen LogP contribution in [0.25, 0.3) is 5.69 Å². The van der Waals surface area contributed by atoms with E-state index < -0.39 is 29.8 Å². The third kappa shape index (κ3) is 3.73. The standard InChI is InChI=1S/C26H24FN3O5/c1-15-12-20(16(2)30(15)19-8-9-22-23(13-19)35-11-10-34-22)21(31)14-29-24(32)26(3,28-25(29)33)17-4-6-18(27)7-5-17/h4-9,12-13H,10-11,14H2,1-3H3,(H,28,33)/t26-/m1/s1. The predicted octanol–water partition coefficient (Wildman–Crippen LogP) is 3.65. The number of hydrogen-bond acceptors (Lipinski definition) is 5. The Kier molecular flexibility index (Phi) is 5.35. The van der Waals surface area contributed by atoms with Crippen molar-refractivity contribution in [2.75, 3.05) is 19.8 Å². The zero-order chi connectivity index (χ0) is 24.9. The molecule has 1 N–H and O–H groups in total. The van der Waals surface area contributed by atoms with Gasteiger partial charge in [0.15, 0.2) is 17.3 Å². The van der Waals surface area contributed by atoms with Crippen molar-refractivity contribution in [3.05, 3.63) is 76.9 Å². The van der Waals surface area contributed by atoms with E-state index in [1.807, 2.05) is 36.6 Å². The summed E-state index contributed by atoms with van der Waals surface area (Å²) in [4.78, 5) is 40.0. The summed E-state index contributed by atoms with van der Waals surface area (Å²) < 4.78 is 26.5. The number of hydrogen-bond donors (Lipinski definition) is 1. The monoisotopic (exact) mass is 477 g/mol. The van der Waals surface area contributed by atoms with Gasteiger partial charge < -0.3 is 19.4 Å². The Morgan fingerprint density at radius 3 is 2.43 bits per heavy atom. The minimum absolute atomic E-state index is 0.367. The highest BCUT2D eigenvalue weighted by Gasteiger charge is 2.49. The molecular weight excluding hydrogens is 453 g/mol. The summed E-state index contributed by atoms with van der Waals surface area (Å²) in [6, 6.07) is 12.0. The highest BCUT2D eigenvalue weighted by Crippen LogP contribution is 2.34. The lowest BCUT2D eigenvalue weighted by atomic mass is 9.92. The molecule has 8 nitrogen and oxygen atoms in total. The number of imide groups is 1. The van der Waals surface area contributed by atoms with Crippen molar-refractivity contribution in [3.63, 3.8) is 0 Å². The van der Waals surface area contributed by atoms with Crippen molar-refractivity contribution in [1.29, 1.82) is 0 Å². The van der Waals surface area contributed by atoms with E-state index in [-0.39, 0.29) is 5.78 Å². The number of Topliss-reactive ketones (excluding diaryl/α,β-unsaturated/α-hetero) is 1. The number of ketones is 1. The number of amides is 3. The van der Waals surface area contributed by atoms with Crippen molar-refractivity contribution in [2.45, 2.75) is 26.3 Å². The van der Waals surface area contributed by atoms with Crippen molar-refractivity contribution < 1.29 is 28.2 Å². The zero-order valence-electron chi connectivity index (χ0n) is 19.6. The van der Waals surface area contributed by atoms with Crippen LogP contribution in [0.4, 0.5) is 9.18 Å². The van der Waals surface area contributed by atoms with E-state index in [2.05, 4.69) is 5.32 Å². The van der Waals surface area contributed by atoms with Crippen LogP contribution in [-0.4, -0.2) is 46.9 Å². The summed E-state index contributed by atoms with van der Waals surface area (Å²) in [6.07, 6.45) is 0. The van der Waals surface area contributed by atoms with Crippen LogP contribution >= 0.6 is 0 Å². The van der Waals surface area contributed by atoms with E-state index in [0.29, 0.717) is 41.5 Å². The average molecular weight is 477 g/mol. The normalized spacial score (nSPS) is 19.1. The first-order valence-electron chi connectivity index (χ1n) is 11.2.